The highest BCUT2D eigenvalue weighted by molar-refractivity contribution is 5.53. The quantitative estimate of drug-likeness (QED) is 0.671. The summed E-state index contributed by atoms with van der Waals surface area (Å²) in [6.45, 7) is 2.67. The summed E-state index contributed by atoms with van der Waals surface area (Å²) in [5, 5.41) is 0. The Morgan fingerprint density at radius 3 is 2.48 bits per heavy atom. The summed E-state index contributed by atoms with van der Waals surface area (Å²) in [5.41, 5.74) is 0.537. The number of aromatic nitrogens is 3. The van der Waals surface area contributed by atoms with Gasteiger partial charge in [-0.3, -0.25) is 9.59 Å². The van der Waals surface area contributed by atoms with E-state index in [1.807, 2.05) is 37.3 Å². The molecule has 4 rings (SSSR count). The predicted octanol–water partition coefficient (Wildman–Crippen LogP) is 2.43. The van der Waals surface area contributed by atoms with E-state index in [4.69, 9.17) is 4.42 Å². The minimum Gasteiger partial charge on any atom is -0.441 e. The predicted molar refractivity (Wildman–Crippen MR) is 93.5 cm³/mol. The minimum absolute atomic E-state index is 0.223. The minimum atomic E-state index is -0.521. The maximum absolute atomic E-state index is 12.4. The highest BCUT2D eigenvalue weighted by Crippen LogP contribution is 2.29. The van der Waals surface area contributed by atoms with Crippen molar-refractivity contribution in [1.29, 1.82) is 0 Å². The van der Waals surface area contributed by atoms with E-state index in [0.29, 0.717) is 29.8 Å². The van der Waals surface area contributed by atoms with E-state index in [0.717, 1.165) is 18.4 Å². The molecule has 0 N–H and O–H groups in total. The monoisotopic (exact) mass is 337 g/mol. The van der Waals surface area contributed by atoms with Gasteiger partial charge in [0.2, 0.25) is 5.89 Å². The average molecular weight is 337 g/mol. The van der Waals surface area contributed by atoms with Crippen LogP contribution in [0.4, 0.5) is 0 Å². The van der Waals surface area contributed by atoms with E-state index in [9.17, 15) is 9.59 Å². The lowest BCUT2D eigenvalue weighted by molar-refractivity contribution is 0.535. The number of hydrogen-bond donors (Lipinski definition) is 0. The molecule has 1 fully saturated rings. The zero-order chi connectivity index (χ0) is 17.4. The van der Waals surface area contributed by atoms with Crippen LogP contribution in [-0.4, -0.2) is 14.1 Å². The molecule has 0 radical (unpaired) electrons. The topological polar surface area (TPSA) is 70.0 Å². The molecule has 0 saturated heterocycles. The molecule has 0 unspecified atom stereocenters. The maximum Gasteiger partial charge on any atom is 0.316 e. The molecule has 1 aliphatic carbocycles. The second kappa shape index (κ2) is 6.20. The molecule has 2 heterocycles. The van der Waals surface area contributed by atoms with Crippen molar-refractivity contribution in [2.75, 3.05) is 0 Å². The molecule has 0 bridgehead atoms. The normalized spacial score (nSPS) is 14.0. The van der Waals surface area contributed by atoms with Crippen LogP contribution < -0.4 is 11.1 Å². The summed E-state index contributed by atoms with van der Waals surface area (Å²) in [6, 6.07) is 9.59. The van der Waals surface area contributed by atoms with E-state index in [2.05, 4.69) is 4.98 Å². The number of oxazole rings is 1. The molecule has 128 valence electrons. The first-order valence-electron chi connectivity index (χ1n) is 8.43. The van der Waals surface area contributed by atoms with Gasteiger partial charge in [0.05, 0.1) is 6.54 Å². The van der Waals surface area contributed by atoms with Crippen LogP contribution in [0.2, 0.25) is 0 Å². The Hall–Kier alpha value is -2.89. The zero-order valence-corrected chi connectivity index (χ0v) is 14.0. The van der Waals surface area contributed by atoms with E-state index < -0.39 is 11.1 Å². The third-order valence-electron chi connectivity index (χ3n) is 4.52. The van der Waals surface area contributed by atoms with Crippen molar-refractivity contribution in [1.82, 2.24) is 14.1 Å². The molecule has 6 heteroatoms. The van der Waals surface area contributed by atoms with Crippen molar-refractivity contribution in [3.8, 4) is 11.5 Å². The number of aryl methyl sites for hydroxylation is 1. The summed E-state index contributed by atoms with van der Waals surface area (Å²) >= 11 is 0. The fourth-order valence-corrected chi connectivity index (χ4v) is 2.83. The van der Waals surface area contributed by atoms with Gasteiger partial charge in [-0.1, -0.05) is 18.2 Å². The largest absolute Gasteiger partial charge is 0.441 e. The van der Waals surface area contributed by atoms with Crippen LogP contribution in [0, 0.1) is 12.8 Å². The Morgan fingerprint density at radius 2 is 1.76 bits per heavy atom. The van der Waals surface area contributed by atoms with Crippen molar-refractivity contribution in [2.24, 2.45) is 5.92 Å². The van der Waals surface area contributed by atoms with Crippen LogP contribution >= 0.6 is 0 Å². The fourth-order valence-electron chi connectivity index (χ4n) is 2.83. The van der Waals surface area contributed by atoms with Crippen LogP contribution in [0.15, 0.2) is 56.7 Å². The Morgan fingerprint density at radius 1 is 1.08 bits per heavy atom. The van der Waals surface area contributed by atoms with Gasteiger partial charge in [0.25, 0.3) is 0 Å². The molecule has 1 saturated carbocycles. The maximum atomic E-state index is 12.4. The van der Waals surface area contributed by atoms with Crippen LogP contribution in [0.25, 0.3) is 11.5 Å². The third-order valence-corrected chi connectivity index (χ3v) is 4.52. The first kappa shape index (κ1) is 15.6. The van der Waals surface area contributed by atoms with Crippen LogP contribution in [-0.2, 0) is 13.1 Å². The van der Waals surface area contributed by atoms with Crippen molar-refractivity contribution in [2.45, 2.75) is 32.9 Å². The lowest BCUT2D eigenvalue weighted by Crippen LogP contribution is -2.41. The second-order valence-electron chi connectivity index (χ2n) is 6.52. The Bertz CT molecular complexity index is 1010. The van der Waals surface area contributed by atoms with E-state index in [-0.39, 0.29) is 6.54 Å². The van der Waals surface area contributed by atoms with Crippen molar-refractivity contribution in [3.63, 3.8) is 0 Å². The first-order valence-corrected chi connectivity index (χ1v) is 8.43. The van der Waals surface area contributed by atoms with Gasteiger partial charge in [0, 0.05) is 24.5 Å². The fraction of sp³-hybridized carbons (Fsp3) is 0.316. The van der Waals surface area contributed by atoms with E-state index in [1.54, 1.807) is 12.4 Å². The molecule has 1 aromatic carbocycles. The van der Waals surface area contributed by atoms with Crippen molar-refractivity contribution in [3.05, 3.63) is 74.9 Å². The lowest BCUT2D eigenvalue weighted by atomic mass is 10.2. The molecular weight excluding hydrogens is 318 g/mol. The van der Waals surface area contributed by atoms with Crippen molar-refractivity contribution >= 4 is 0 Å². The summed E-state index contributed by atoms with van der Waals surface area (Å²) in [5.74, 6) is 1.70. The highest BCUT2D eigenvalue weighted by atomic mass is 16.4. The molecular formula is C19H19N3O3. The first-order chi connectivity index (χ1) is 12.1. The van der Waals surface area contributed by atoms with Crippen LogP contribution in [0.1, 0.15) is 24.3 Å². The molecule has 25 heavy (non-hydrogen) atoms. The van der Waals surface area contributed by atoms with Crippen molar-refractivity contribution < 1.29 is 4.42 Å². The van der Waals surface area contributed by atoms with Gasteiger partial charge in [-0.2, -0.15) is 0 Å². The molecule has 0 atom stereocenters. The summed E-state index contributed by atoms with van der Waals surface area (Å²) in [4.78, 5) is 29.1. The Labute approximate surface area is 144 Å². The summed E-state index contributed by atoms with van der Waals surface area (Å²) in [6.07, 6.45) is 5.61. The molecule has 6 nitrogen and oxygen atoms in total. The third kappa shape index (κ3) is 3.20. The molecule has 3 aromatic rings. The van der Waals surface area contributed by atoms with Gasteiger partial charge in [0.1, 0.15) is 11.5 Å². The summed E-state index contributed by atoms with van der Waals surface area (Å²) < 4.78 is 8.63. The van der Waals surface area contributed by atoms with Crippen LogP contribution in [0.3, 0.4) is 0 Å². The van der Waals surface area contributed by atoms with E-state index in [1.165, 1.54) is 9.13 Å². The van der Waals surface area contributed by atoms with Crippen LogP contribution in [0.5, 0.6) is 0 Å². The average Bonchev–Trinajstić information content (AvgIpc) is 3.37. The Kier molecular flexibility index (Phi) is 3.87. The smallest absolute Gasteiger partial charge is 0.316 e. The van der Waals surface area contributed by atoms with Gasteiger partial charge in [-0.25, -0.2) is 4.98 Å². The van der Waals surface area contributed by atoms with Gasteiger partial charge in [-0.05, 0) is 37.8 Å². The Balaban J connectivity index is 1.62. The van der Waals surface area contributed by atoms with Gasteiger partial charge in [-0.15, -0.1) is 0 Å². The molecule has 0 amide bonds. The molecule has 1 aliphatic rings. The molecule has 0 aliphatic heterocycles. The van der Waals surface area contributed by atoms with Gasteiger partial charge >= 0.3 is 11.1 Å². The highest BCUT2D eigenvalue weighted by Gasteiger charge is 2.22. The lowest BCUT2D eigenvalue weighted by Gasteiger charge is -2.07. The number of hydrogen-bond acceptors (Lipinski definition) is 4. The standard InChI is InChI=1S/C19H19N3O3/c1-13-16(20-17(25-13)15-5-3-2-4-6-15)12-22-10-9-21(11-14-7-8-14)18(23)19(22)24/h2-6,9-10,14H,7-8,11-12H2,1H3. The number of nitrogens with zero attached hydrogens (tertiary/aromatic N) is 3. The van der Waals surface area contributed by atoms with Gasteiger partial charge < -0.3 is 13.6 Å². The van der Waals surface area contributed by atoms with E-state index >= 15 is 0 Å². The number of rotatable bonds is 5. The SMILES string of the molecule is Cc1oc(-c2ccccc2)nc1Cn1ccn(CC2CC2)c(=O)c1=O. The molecule has 2 aromatic heterocycles. The number of benzene rings is 1. The zero-order valence-electron chi connectivity index (χ0n) is 14.0. The second-order valence-corrected chi connectivity index (χ2v) is 6.52. The van der Waals surface area contributed by atoms with Gasteiger partial charge in [0.15, 0.2) is 0 Å². The summed E-state index contributed by atoms with van der Waals surface area (Å²) in [7, 11) is 0. The molecule has 0 spiro atoms.